The summed E-state index contributed by atoms with van der Waals surface area (Å²) in [5.41, 5.74) is 9.10. The zero-order valence-electron chi connectivity index (χ0n) is 10.9. The minimum Gasteiger partial charge on any atom is -0.489 e. The molecule has 0 aliphatic carbocycles. The standard InChI is InChI=1S/C16H15ClN2O/c17-13-4-2-5-14(7-13)20-10-12-9-19-15-6-1-3-11(8-18)16(12)15/h1-7,9,19H,8,10,18H2. The molecule has 0 spiro atoms. The van der Waals surface area contributed by atoms with Gasteiger partial charge in [0.2, 0.25) is 0 Å². The normalized spacial score (nSPS) is 10.9. The molecule has 0 atom stereocenters. The van der Waals surface area contributed by atoms with E-state index in [1.54, 1.807) is 6.07 Å². The molecule has 3 aromatic rings. The number of aromatic amines is 1. The van der Waals surface area contributed by atoms with Crippen LogP contribution in [0.25, 0.3) is 10.9 Å². The first-order valence-electron chi connectivity index (χ1n) is 6.44. The second-order valence-corrected chi connectivity index (χ2v) is 5.04. The molecular formula is C16H15ClN2O. The number of nitrogens with one attached hydrogen (secondary N) is 1. The highest BCUT2D eigenvalue weighted by Gasteiger charge is 2.08. The summed E-state index contributed by atoms with van der Waals surface area (Å²) in [5.74, 6) is 0.761. The molecule has 3 rings (SSSR count). The van der Waals surface area contributed by atoms with Gasteiger partial charge in [0.15, 0.2) is 0 Å². The smallest absolute Gasteiger partial charge is 0.121 e. The van der Waals surface area contributed by atoms with Crippen molar-refractivity contribution in [1.29, 1.82) is 0 Å². The molecule has 3 nitrogen and oxygen atoms in total. The largest absolute Gasteiger partial charge is 0.489 e. The summed E-state index contributed by atoms with van der Waals surface area (Å²) in [6, 6.07) is 13.5. The summed E-state index contributed by atoms with van der Waals surface area (Å²) in [4.78, 5) is 3.25. The Bertz CT molecular complexity index is 736. The van der Waals surface area contributed by atoms with Gasteiger partial charge in [-0.2, -0.15) is 0 Å². The predicted molar refractivity (Wildman–Crippen MR) is 82.0 cm³/mol. The second-order valence-electron chi connectivity index (χ2n) is 4.60. The van der Waals surface area contributed by atoms with E-state index in [1.807, 2.05) is 42.6 Å². The lowest BCUT2D eigenvalue weighted by atomic mass is 10.1. The van der Waals surface area contributed by atoms with Crippen molar-refractivity contribution in [1.82, 2.24) is 4.98 Å². The van der Waals surface area contributed by atoms with Gasteiger partial charge in [-0.25, -0.2) is 0 Å². The van der Waals surface area contributed by atoms with Gasteiger partial charge >= 0.3 is 0 Å². The molecule has 0 fully saturated rings. The summed E-state index contributed by atoms with van der Waals surface area (Å²) in [6.07, 6.45) is 1.97. The Morgan fingerprint density at radius 2 is 1.95 bits per heavy atom. The Balaban J connectivity index is 1.88. The lowest BCUT2D eigenvalue weighted by molar-refractivity contribution is 0.307. The van der Waals surface area contributed by atoms with E-state index in [9.17, 15) is 0 Å². The number of hydrogen-bond donors (Lipinski definition) is 2. The first kappa shape index (κ1) is 13.0. The summed E-state index contributed by atoms with van der Waals surface area (Å²) >= 11 is 5.95. The molecule has 0 aliphatic rings. The monoisotopic (exact) mass is 286 g/mol. The fourth-order valence-corrected chi connectivity index (χ4v) is 2.52. The first-order chi connectivity index (χ1) is 9.78. The Kier molecular flexibility index (Phi) is 3.63. The lowest BCUT2D eigenvalue weighted by Crippen LogP contribution is -1.99. The highest BCUT2D eigenvalue weighted by molar-refractivity contribution is 6.30. The highest BCUT2D eigenvalue weighted by atomic mass is 35.5. The Hall–Kier alpha value is -1.97. The van der Waals surface area contributed by atoms with Crippen molar-refractivity contribution in [3.8, 4) is 5.75 Å². The van der Waals surface area contributed by atoms with Gasteiger partial charge in [-0.3, -0.25) is 0 Å². The van der Waals surface area contributed by atoms with E-state index in [0.717, 1.165) is 27.8 Å². The average molecular weight is 287 g/mol. The van der Waals surface area contributed by atoms with Crippen molar-refractivity contribution in [2.45, 2.75) is 13.2 Å². The summed E-state index contributed by atoms with van der Waals surface area (Å²) in [5, 5.41) is 1.82. The molecule has 0 bridgehead atoms. The number of halogens is 1. The first-order valence-corrected chi connectivity index (χ1v) is 6.82. The molecule has 0 radical (unpaired) electrons. The van der Waals surface area contributed by atoms with Crippen molar-refractivity contribution in [3.63, 3.8) is 0 Å². The molecule has 20 heavy (non-hydrogen) atoms. The summed E-state index contributed by atoms with van der Waals surface area (Å²) < 4.78 is 5.79. The predicted octanol–water partition coefficient (Wildman–Crippen LogP) is 3.86. The average Bonchev–Trinajstić information content (AvgIpc) is 2.88. The third-order valence-corrected chi connectivity index (χ3v) is 3.52. The molecule has 0 unspecified atom stereocenters. The minimum absolute atomic E-state index is 0.483. The maximum Gasteiger partial charge on any atom is 0.121 e. The van der Waals surface area contributed by atoms with Crippen molar-refractivity contribution in [2.75, 3.05) is 0 Å². The second kappa shape index (κ2) is 5.57. The van der Waals surface area contributed by atoms with Gasteiger partial charge in [-0.15, -0.1) is 0 Å². The van der Waals surface area contributed by atoms with Gasteiger partial charge in [0.25, 0.3) is 0 Å². The van der Waals surface area contributed by atoms with Gasteiger partial charge in [-0.05, 0) is 29.8 Å². The van der Waals surface area contributed by atoms with Gasteiger partial charge in [0.05, 0.1) is 0 Å². The van der Waals surface area contributed by atoms with Crippen LogP contribution in [0.1, 0.15) is 11.1 Å². The fourth-order valence-electron chi connectivity index (χ4n) is 2.34. The van der Waals surface area contributed by atoms with Crippen LogP contribution >= 0.6 is 11.6 Å². The van der Waals surface area contributed by atoms with E-state index < -0.39 is 0 Å². The number of fused-ring (bicyclic) bond motifs is 1. The lowest BCUT2D eigenvalue weighted by Gasteiger charge is -2.07. The van der Waals surface area contributed by atoms with Crippen LogP contribution in [0.5, 0.6) is 5.75 Å². The van der Waals surface area contributed by atoms with E-state index in [0.29, 0.717) is 18.2 Å². The maximum absolute atomic E-state index is 5.95. The summed E-state index contributed by atoms with van der Waals surface area (Å²) in [7, 11) is 0. The molecule has 2 aromatic carbocycles. The Labute approximate surface area is 122 Å². The number of H-pyrrole nitrogens is 1. The number of nitrogens with two attached hydrogens (primary N) is 1. The van der Waals surface area contributed by atoms with E-state index >= 15 is 0 Å². The van der Waals surface area contributed by atoms with Crippen molar-refractivity contribution in [2.24, 2.45) is 5.73 Å². The van der Waals surface area contributed by atoms with Gasteiger partial charge in [-0.1, -0.05) is 29.8 Å². The van der Waals surface area contributed by atoms with Crippen LogP contribution in [-0.4, -0.2) is 4.98 Å². The van der Waals surface area contributed by atoms with E-state index in [4.69, 9.17) is 22.1 Å². The Morgan fingerprint density at radius 1 is 1.10 bits per heavy atom. The third kappa shape index (κ3) is 2.50. The van der Waals surface area contributed by atoms with E-state index in [-0.39, 0.29) is 0 Å². The van der Waals surface area contributed by atoms with E-state index in [1.165, 1.54) is 0 Å². The number of rotatable bonds is 4. The molecule has 0 aliphatic heterocycles. The van der Waals surface area contributed by atoms with Crippen LogP contribution in [0.2, 0.25) is 5.02 Å². The number of aromatic nitrogens is 1. The molecule has 102 valence electrons. The SMILES string of the molecule is NCc1cccc2[nH]cc(COc3cccc(Cl)c3)c12. The van der Waals surface area contributed by atoms with Gasteiger partial charge in [0.1, 0.15) is 12.4 Å². The maximum atomic E-state index is 5.95. The minimum atomic E-state index is 0.483. The zero-order chi connectivity index (χ0) is 13.9. The molecule has 0 amide bonds. The third-order valence-electron chi connectivity index (χ3n) is 3.28. The van der Waals surface area contributed by atoms with Crippen LogP contribution in [0, 0.1) is 0 Å². The zero-order valence-corrected chi connectivity index (χ0v) is 11.7. The molecule has 0 saturated carbocycles. The van der Waals surface area contributed by atoms with E-state index in [2.05, 4.69) is 4.98 Å². The number of benzene rings is 2. The highest BCUT2D eigenvalue weighted by Crippen LogP contribution is 2.24. The molecule has 0 saturated heterocycles. The molecule has 4 heteroatoms. The molecule has 1 heterocycles. The van der Waals surface area contributed by atoms with Crippen LogP contribution in [0.15, 0.2) is 48.7 Å². The molecule has 1 aromatic heterocycles. The number of hydrogen-bond acceptors (Lipinski definition) is 2. The number of ether oxygens (including phenoxy) is 1. The van der Waals surface area contributed by atoms with Crippen LogP contribution in [-0.2, 0) is 13.2 Å². The quantitative estimate of drug-likeness (QED) is 0.765. The molecular weight excluding hydrogens is 272 g/mol. The van der Waals surface area contributed by atoms with Crippen LogP contribution in [0.4, 0.5) is 0 Å². The molecule has 3 N–H and O–H groups in total. The topological polar surface area (TPSA) is 51.0 Å². The van der Waals surface area contributed by atoms with Crippen molar-refractivity contribution < 1.29 is 4.74 Å². The Morgan fingerprint density at radius 3 is 2.75 bits per heavy atom. The van der Waals surface area contributed by atoms with Crippen molar-refractivity contribution in [3.05, 3.63) is 64.8 Å². The van der Waals surface area contributed by atoms with Gasteiger partial charge in [0, 0.05) is 34.2 Å². The fraction of sp³-hybridized carbons (Fsp3) is 0.125. The van der Waals surface area contributed by atoms with Crippen LogP contribution in [0.3, 0.4) is 0 Å². The van der Waals surface area contributed by atoms with Gasteiger partial charge < -0.3 is 15.5 Å². The van der Waals surface area contributed by atoms with Crippen molar-refractivity contribution >= 4 is 22.5 Å². The van der Waals surface area contributed by atoms with Crippen LogP contribution < -0.4 is 10.5 Å². The summed E-state index contributed by atoms with van der Waals surface area (Å²) in [6.45, 7) is 0.997.